The van der Waals surface area contributed by atoms with Crippen molar-refractivity contribution in [1.29, 1.82) is 0 Å². The molecule has 0 fully saturated rings. The first-order chi connectivity index (χ1) is 18.6. The Morgan fingerprint density at radius 1 is 0.700 bits per heavy atom. The second-order valence-corrected chi connectivity index (χ2v) is 14.7. The SMILES string of the molecule is CCC/C(C)=C/CN(CC)/C(C)=C/CC(C)(CC)C/C=C(\C)CC(C)(CN)C/C=C(\C)CC(C)(CC)CC(C)C. The minimum Gasteiger partial charge on any atom is -0.372 e. The highest BCUT2D eigenvalue weighted by Gasteiger charge is 2.26. The topological polar surface area (TPSA) is 29.3 Å². The monoisotopic (exact) mass is 557 g/mol. The van der Waals surface area contributed by atoms with E-state index in [9.17, 15) is 0 Å². The quantitative estimate of drug-likeness (QED) is 0.142. The number of allylic oxidation sites excluding steroid dienone is 7. The normalized spacial score (nSPS) is 18.5. The van der Waals surface area contributed by atoms with Gasteiger partial charge in [-0.3, -0.25) is 0 Å². The van der Waals surface area contributed by atoms with Gasteiger partial charge >= 0.3 is 0 Å². The lowest BCUT2D eigenvalue weighted by Crippen LogP contribution is -2.27. The maximum Gasteiger partial charge on any atom is 0.0358 e. The molecule has 2 N–H and O–H groups in total. The minimum absolute atomic E-state index is 0.118. The van der Waals surface area contributed by atoms with E-state index in [0.29, 0.717) is 5.41 Å². The summed E-state index contributed by atoms with van der Waals surface area (Å²) in [5.74, 6) is 0.746. The van der Waals surface area contributed by atoms with Gasteiger partial charge in [0.05, 0.1) is 0 Å². The highest BCUT2D eigenvalue weighted by molar-refractivity contribution is 5.10. The minimum atomic E-state index is 0.118. The van der Waals surface area contributed by atoms with Gasteiger partial charge in [0.2, 0.25) is 0 Å². The smallest absolute Gasteiger partial charge is 0.0358 e. The van der Waals surface area contributed by atoms with Gasteiger partial charge in [0.15, 0.2) is 0 Å². The van der Waals surface area contributed by atoms with E-state index in [1.54, 1.807) is 0 Å². The molecule has 0 bridgehead atoms. The highest BCUT2D eigenvalue weighted by Crippen LogP contribution is 2.38. The summed E-state index contributed by atoms with van der Waals surface area (Å²) in [5.41, 5.74) is 13.1. The Labute approximate surface area is 253 Å². The van der Waals surface area contributed by atoms with Crippen LogP contribution in [0.15, 0.2) is 46.7 Å². The average molecular weight is 557 g/mol. The van der Waals surface area contributed by atoms with Gasteiger partial charge in [0, 0.05) is 18.8 Å². The molecule has 3 unspecified atom stereocenters. The zero-order chi connectivity index (χ0) is 31.0. The molecule has 0 aliphatic rings. The van der Waals surface area contributed by atoms with Gasteiger partial charge in [0.25, 0.3) is 0 Å². The molecule has 0 aromatic carbocycles. The molecule has 0 rings (SSSR count). The molecule has 2 heteroatoms. The van der Waals surface area contributed by atoms with Crippen LogP contribution in [0.2, 0.25) is 0 Å². The zero-order valence-corrected chi connectivity index (χ0v) is 29.6. The van der Waals surface area contributed by atoms with Crippen LogP contribution in [0.4, 0.5) is 0 Å². The number of nitrogens with zero attached hydrogens (tertiary/aromatic N) is 1. The Morgan fingerprint density at radius 2 is 1.20 bits per heavy atom. The second kappa shape index (κ2) is 19.0. The lowest BCUT2D eigenvalue weighted by molar-refractivity contribution is 0.242. The molecular weight excluding hydrogens is 484 g/mol. The maximum atomic E-state index is 6.38. The lowest BCUT2D eigenvalue weighted by atomic mass is 9.74. The Kier molecular flexibility index (Phi) is 18.4. The van der Waals surface area contributed by atoms with Gasteiger partial charge < -0.3 is 10.6 Å². The van der Waals surface area contributed by atoms with Crippen molar-refractivity contribution < 1.29 is 0 Å². The molecule has 2 nitrogen and oxygen atoms in total. The van der Waals surface area contributed by atoms with Crippen LogP contribution in [-0.4, -0.2) is 24.5 Å². The number of rotatable bonds is 21. The van der Waals surface area contributed by atoms with Crippen molar-refractivity contribution in [2.24, 2.45) is 27.9 Å². The van der Waals surface area contributed by atoms with Crippen LogP contribution < -0.4 is 5.73 Å². The van der Waals surface area contributed by atoms with Crippen molar-refractivity contribution in [2.45, 2.75) is 154 Å². The zero-order valence-electron chi connectivity index (χ0n) is 29.6. The molecule has 0 amide bonds. The van der Waals surface area contributed by atoms with E-state index in [1.165, 1.54) is 60.9 Å². The van der Waals surface area contributed by atoms with E-state index in [4.69, 9.17) is 5.73 Å². The third-order valence-corrected chi connectivity index (χ3v) is 9.47. The molecular formula is C38H72N2. The Bertz CT molecular complexity index is 828. The van der Waals surface area contributed by atoms with E-state index < -0.39 is 0 Å². The Morgan fingerprint density at radius 3 is 1.65 bits per heavy atom. The van der Waals surface area contributed by atoms with E-state index in [1.807, 2.05) is 0 Å². The van der Waals surface area contributed by atoms with E-state index in [2.05, 4.69) is 119 Å². The molecule has 0 heterocycles. The fourth-order valence-electron chi connectivity index (χ4n) is 6.07. The molecule has 0 saturated carbocycles. The molecule has 0 spiro atoms. The molecule has 0 saturated heterocycles. The first-order valence-corrected chi connectivity index (χ1v) is 16.7. The summed E-state index contributed by atoms with van der Waals surface area (Å²) >= 11 is 0. The molecule has 0 aliphatic heterocycles. The van der Waals surface area contributed by atoms with E-state index in [0.717, 1.165) is 51.2 Å². The summed E-state index contributed by atoms with van der Waals surface area (Å²) in [5, 5.41) is 0. The van der Waals surface area contributed by atoms with Gasteiger partial charge in [0.1, 0.15) is 0 Å². The summed E-state index contributed by atoms with van der Waals surface area (Å²) in [6, 6.07) is 0. The van der Waals surface area contributed by atoms with Crippen LogP contribution in [0.25, 0.3) is 0 Å². The predicted molar refractivity (Wildman–Crippen MR) is 184 cm³/mol. The number of likely N-dealkylation sites (N-methyl/N-ethyl adjacent to an activating group) is 1. The fraction of sp³-hybridized carbons (Fsp3) is 0.789. The Hall–Kier alpha value is -1.28. The van der Waals surface area contributed by atoms with Crippen molar-refractivity contribution in [3.63, 3.8) is 0 Å². The molecule has 40 heavy (non-hydrogen) atoms. The van der Waals surface area contributed by atoms with E-state index in [-0.39, 0.29) is 10.8 Å². The van der Waals surface area contributed by atoms with Crippen molar-refractivity contribution in [3.05, 3.63) is 46.7 Å². The van der Waals surface area contributed by atoms with Gasteiger partial charge in [-0.15, -0.1) is 0 Å². The maximum absolute atomic E-state index is 6.38. The van der Waals surface area contributed by atoms with E-state index >= 15 is 0 Å². The van der Waals surface area contributed by atoms with Gasteiger partial charge in [-0.25, -0.2) is 0 Å². The van der Waals surface area contributed by atoms with Crippen LogP contribution in [0.1, 0.15) is 154 Å². The molecule has 3 atom stereocenters. The predicted octanol–water partition coefficient (Wildman–Crippen LogP) is 11.6. The van der Waals surface area contributed by atoms with Gasteiger partial charge in [-0.1, -0.05) is 116 Å². The van der Waals surface area contributed by atoms with Crippen molar-refractivity contribution in [3.8, 4) is 0 Å². The average Bonchev–Trinajstić information content (AvgIpc) is 2.89. The lowest BCUT2D eigenvalue weighted by Gasteiger charge is -2.32. The number of hydrogen-bond donors (Lipinski definition) is 1. The van der Waals surface area contributed by atoms with Crippen molar-refractivity contribution >= 4 is 0 Å². The summed E-state index contributed by atoms with van der Waals surface area (Å²) in [6.45, 7) is 33.2. The third-order valence-electron chi connectivity index (χ3n) is 9.47. The summed E-state index contributed by atoms with van der Waals surface area (Å²) in [6.07, 6.45) is 21.6. The van der Waals surface area contributed by atoms with Crippen molar-refractivity contribution in [1.82, 2.24) is 4.90 Å². The number of hydrogen-bond acceptors (Lipinski definition) is 2. The third kappa shape index (κ3) is 15.6. The molecule has 0 aromatic heterocycles. The number of nitrogens with two attached hydrogens (primary N) is 1. The fourth-order valence-corrected chi connectivity index (χ4v) is 6.07. The largest absolute Gasteiger partial charge is 0.372 e. The molecule has 0 aromatic rings. The second-order valence-electron chi connectivity index (χ2n) is 14.7. The molecule has 234 valence electrons. The van der Waals surface area contributed by atoms with Crippen LogP contribution in [0, 0.1) is 22.2 Å². The van der Waals surface area contributed by atoms with Crippen molar-refractivity contribution in [2.75, 3.05) is 19.6 Å². The highest BCUT2D eigenvalue weighted by atomic mass is 15.1. The van der Waals surface area contributed by atoms with Gasteiger partial charge in [-0.05, 0) is 108 Å². The summed E-state index contributed by atoms with van der Waals surface area (Å²) in [7, 11) is 0. The van der Waals surface area contributed by atoms with Crippen LogP contribution >= 0.6 is 0 Å². The first kappa shape index (κ1) is 38.7. The van der Waals surface area contributed by atoms with Crippen LogP contribution in [-0.2, 0) is 0 Å². The standard InChI is InChI=1S/C38H72N2/c1-14-18-32(7)22-26-40(17-4)35(10)21-25-36(11,15-2)23-19-34(9)29-38(13,30-39)24-20-33(8)28-37(12,16-3)27-31(5)6/h19-22,31H,14-18,23-30,39H2,1-13H3/b32-22+,33-20+,34-19+,35-21+. The summed E-state index contributed by atoms with van der Waals surface area (Å²) < 4.78 is 0. The molecule has 0 radical (unpaired) electrons. The Balaban J connectivity index is 5.32. The van der Waals surface area contributed by atoms with Crippen LogP contribution in [0.5, 0.6) is 0 Å². The summed E-state index contributed by atoms with van der Waals surface area (Å²) in [4.78, 5) is 2.50. The first-order valence-electron chi connectivity index (χ1n) is 16.7. The van der Waals surface area contributed by atoms with Gasteiger partial charge in [-0.2, -0.15) is 0 Å². The van der Waals surface area contributed by atoms with Crippen LogP contribution in [0.3, 0.4) is 0 Å². The molecule has 0 aliphatic carbocycles.